The zero-order valence-electron chi connectivity index (χ0n) is 54.2. The fraction of sp³-hybridized carbons (Fsp3) is 0.662. The molecular weight excluding hydrogens is 1110 g/mol. The standard InChI is InChI=1S/C74H121NO13/c1-3-5-7-9-11-13-15-17-19-21-23-24-25-26-27-28-29-30-31-32-33-34-35-36-37-38-40-42-44-46-48-50-52-54-56-58-66(79)75-62(63(78)57-55-53-51-49-47-45-43-41-39-22-20-18-16-14-12-10-8-6-4-2)61-85-73-71(84)69(82)72(65(60-77)87-73)88-74-70(83)68(81)67(80)64(59-76)86-74/h5,7,11,13,17,19,23-24,26-27,29-30,32-33,35-36,38,40,44,46-47,49,55,57,62-65,67-74,76-78,80-84H,3-4,6,8-10,12,14-16,18,20-22,25,28,31,34,37,39,41-43,45,48,50-54,56,58-61H2,1-2H3,(H,75,79)/b7-5-,13-11-,19-17-,24-23-,27-26-,30-29-,33-32-,36-35-,40-38-,46-44-,49-47+,57-55+. The molecule has 12 atom stereocenters. The van der Waals surface area contributed by atoms with Gasteiger partial charge in [0.05, 0.1) is 32.0 Å². The van der Waals surface area contributed by atoms with E-state index in [0.717, 1.165) is 103 Å². The van der Waals surface area contributed by atoms with Crippen molar-refractivity contribution in [2.45, 2.75) is 293 Å². The van der Waals surface area contributed by atoms with E-state index in [1.165, 1.54) is 83.5 Å². The lowest BCUT2D eigenvalue weighted by molar-refractivity contribution is -0.359. The fourth-order valence-corrected chi connectivity index (χ4v) is 10.1. The first-order valence-electron chi connectivity index (χ1n) is 34.1. The van der Waals surface area contributed by atoms with Crippen molar-refractivity contribution in [2.75, 3.05) is 19.8 Å². The third kappa shape index (κ3) is 40.6. The number of carbonyl (C=O) groups excluding carboxylic acids is 1. The summed E-state index contributed by atoms with van der Waals surface area (Å²) < 4.78 is 22.8. The average Bonchev–Trinajstić information content (AvgIpc) is 1.84. The van der Waals surface area contributed by atoms with Crippen LogP contribution in [-0.4, -0.2) is 140 Å². The molecule has 0 bridgehead atoms. The van der Waals surface area contributed by atoms with E-state index in [1.54, 1.807) is 6.08 Å². The summed E-state index contributed by atoms with van der Waals surface area (Å²) in [5.74, 6) is -0.279. The zero-order valence-corrected chi connectivity index (χ0v) is 54.2. The van der Waals surface area contributed by atoms with E-state index in [0.29, 0.717) is 12.8 Å². The van der Waals surface area contributed by atoms with Crippen LogP contribution in [0.5, 0.6) is 0 Å². The van der Waals surface area contributed by atoms with Crippen molar-refractivity contribution in [3.8, 4) is 0 Å². The summed E-state index contributed by atoms with van der Waals surface area (Å²) in [6.07, 6.45) is 68.9. The van der Waals surface area contributed by atoms with Crippen molar-refractivity contribution in [3.05, 3.63) is 146 Å². The molecule has 2 aliphatic rings. The zero-order chi connectivity index (χ0) is 63.8. The Labute approximate surface area is 532 Å². The van der Waals surface area contributed by atoms with Crippen LogP contribution >= 0.6 is 0 Å². The Morgan fingerprint density at radius 1 is 0.420 bits per heavy atom. The summed E-state index contributed by atoms with van der Waals surface area (Å²) in [6.45, 7) is 2.64. The van der Waals surface area contributed by atoms with Crippen LogP contribution in [0.1, 0.15) is 219 Å². The van der Waals surface area contributed by atoms with E-state index in [-0.39, 0.29) is 18.9 Å². The maximum Gasteiger partial charge on any atom is 0.220 e. The Balaban J connectivity index is 1.72. The minimum Gasteiger partial charge on any atom is -0.394 e. The van der Waals surface area contributed by atoms with Crippen LogP contribution < -0.4 is 5.32 Å². The van der Waals surface area contributed by atoms with Gasteiger partial charge in [0.15, 0.2) is 12.6 Å². The molecule has 12 unspecified atom stereocenters. The summed E-state index contributed by atoms with van der Waals surface area (Å²) in [5.41, 5.74) is 0. The summed E-state index contributed by atoms with van der Waals surface area (Å²) in [7, 11) is 0. The molecule has 88 heavy (non-hydrogen) atoms. The maximum absolute atomic E-state index is 13.3. The van der Waals surface area contributed by atoms with Gasteiger partial charge in [0, 0.05) is 6.42 Å². The maximum atomic E-state index is 13.3. The lowest BCUT2D eigenvalue weighted by Gasteiger charge is -2.46. The Kier molecular flexibility index (Phi) is 51.6. The van der Waals surface area contributed by atoms with Crippen LogP contribution in [-0.2, 0) is 23.7 Å². The molecule has 0 aromatic heterocycles. The Bertz CT molecular complexity index is 2040. The average molecular weight is 1230 g/mol. The van der Waals surface area contributed by atoms with E-state index in [4.69, 9.17) is 18.9 Å². The predicted octanol–water partition coefficient (Wildman–Crippen LogP) is 13.7. The van der Waals surface area contributed by atoms with Gasteiger partial charge in [-0.25, -0.2) is 0 Å². The van der Waals surface area contributed by atoms with Gasteiger partial charge in [-0.3, -0.25) is 4.79 Å². The van der Waals surface area contributed by atoms with Crippen LogP contribution in [0.2, 0.25) is 0 Å². The van der Waals surface area contributed by atoms with Gasteiger partial charge >= 0.3 is 0 Å². The first-order valence-corrected chi connectivity index (χ1v) is 34.1. The molecule has 2 saturated heterocycles. The molecule has 0 spiro atoms. The van der Waals surface area contributed by atoms with Crippen molar-refractivity contribution >= 4 is 5.91 Å². The van der Waals surface area contributed by atoms with E-state index in [2.05, 4.69) is 153 Å². The normalized spacial score (nSPS) is 24.1. The minimum absolute atomic E-state index is 0.234. The highest BCUT2D eigenvalue weighted by atomic mass is 16.7. The number of ether oxygens (including phenoxy) is 4. The molecule has 14 heteroatoms. The largest absolute Gasteiger partial charge is 0.394 e. The summed E-state index contributed by atoms with van der Waals surface area (Å²) in [5, 5.41) is 87.3. The third-order valence-electron chi connectivity index (χ3n) is 15.5. The second-order valence-electron chi connectivity index (χ2n) is 23.2. The Morgan fingerprint density at radius 2 is 0.795 bits per heavy atom. The molecule has 2 fully saturated rings. The monoisotopic (exact) mass is 1230 g/mol. The van der Waals surface area contributed by atoms with Gasteiger partial charge in [-0.05, 0) is 109 Å². The van der Waals surface area contributed by atoms with Crippen LogP contribution in [0.4, 0.5) is 0 Å². The first-order chi connectivity index (χ1) is 43.1. The van der Waals surface area contributed by atoms with E-state index < -0.39 is 86.8 Å². The third-order valence-corrected chi connectivity index (χ3v) is 15.5. The molecule has 2 aliphatic heterocycles. The smallest absolute Gasteiger partial charge is 0.220 e. The lowest BCUT2D eigenvalue weighted by atomic mass is 9.97. The number of nitrogens with one attached hydrogen (secondary N) is 1. The number of hydrogen-bond donors (Lipinski definition) is 9. The van der Waals surface area contributed by atoms with Gasteiger partial charge < -0.3 is 65.1 Å². The number of amides is 1. The number of allylic oxidation sites excluding steroid dienone is 23. The minimum atomic E-state index is -1.80. The molecule has 14 nitrogen and oxygen atoms in total. The summed E-state index contributed by atoms with van der Waals surface area (Å²) >= 11 is 0. The molecule has 0 aromatic rings. The molecule has 0 aromatic carbocycles. The number of hydrogen-bond acceptors (Lipinski definition) is 13. The molecular formula is C74H121NO13. The molecule has 0 saturated carbocycles. The van der Waals surface area contributed by atoms with Gasteiger partial charge in [-0.15, -0.1) is 0 Å². The molecule has 9 N–H and O–H groups in total. The van der Waals surface area contributed by atoms with Crippen LogP contribution in [0, 0.1) is 0 Å². The van der Waals surface area contributed by atoms with Crippen LogP contribution in [0.15, 0.2) is 146 Å². The number of aliphatic hydroxyl groups excluding tert-OH is 8. The van der Waals surface area contributed by atoms with Crippen molar-refractivity contribution < 1.29 is 64.6 Å². The number of carbonyl (C=O) groups is 1. The Morgan fingerprint density at radius 3 is 1.25 bits per heavy atom. The summed E-state index contributed by atoms with van der Waals surface area (Å²) in [6, 6.07) is -0.957. The fourth-order valence-electron chi connectivity index (χ4n) is 10.1. The highest BCUT2D eigenvalue weighted by Crippen LogP contribution is 2.30. The van der Waals surface area contributed by atoms with Crippen LogP contribution in [0.25, 0.3) is 0 Å². The van der Waals surface area contributed by atoms with Crippen molar-refractivity contribution in [2.24, 2.45) is 0 Å². The molecule has 0 aliphatic carbocycles. The number of unbranched alkanes of at least 4 members (excludes halogenated alkanes) is 18. The topological polar surface area (TPSA) is 228 Å². The molecule has 500 valence electrons. The van der Waals surface area contributed by atoms with Gasteiger partial charge in [0.2, 0.25) is 5.91 Å². The highest BCUT2D eigenvalue weighted by molar-refractivity contribution is 5.76. The Hall–Kier alpha value is -4.13. The van der Waals surface area contributed by atoms with Crippen molar-refractivity contribution in [3.63, 3.8) is 0 Å². The summed E-state index contributed by atoms with van der Waals surface area (Å²) in [4.78, 5) is 13.3. The number of aliphatic hydroxyl groups is 8. The van der Waals surface area contributed by atoms with Crippen molar-refractivity contribution in [1.82, 2.24) is 5.32 Å². The molecule has 1 amide bonds. The van der Waals surface area contributed by atoms with E-state index >= 15 is 0 Å². The second kappa shape index (κ2) is 56.8. The predicted molar refractivity (Wildman–Crippen MR) is 359 cm³/mol. The second-order valence-corrected chi connectivity index (χ2v) is 23.2. The van der Waals surface area contributed by atoms with E-state index in [1.807, 2.05) is 6.08 Å². The molecule has 2 rings (SSSR count). The molecule has 2 heterocycles. The number of rotatable bonds is 53. The van der Waals surface area contributed by atoms with Gasteiger partial charge in [-0.2, -0.15) is 0 Å². The van der Waals surface area contributed by atoms with Gasteiger partial charge in [0.25, 0.3) is 0 Å². The SMILES string of the molecule is CC/C=C\C/C=C\C/C=C\C/C=C\C/C=C\C/C=C\C/C=C\C/C=C\C/C=C\C/C=C\CCCCCCC(=O)NC(COC1OC(CO)C(OC2OC(CO)C(O)C(O)C2O)C(O)C1O)C(O)/C=C/CC/C=C/CCCCCCCCCCCCCCC. The van der Waals surface area contributed by atoms with Crippen LogP contribution in [0.3, 0.4) is 0 Å². The molecule has 0 radical (unpaired) electrons. The first kappa shape index (κ1) is 80.0. The quantitative estimate of drug-likeness (QED) is 0.0204. The highest BCUT2D eigenvalue weighted by Gasteiger charge is 2.51. The van der Waals surface area contributed by atoms with Gasteiger partial charge in [-0.1, -0.05) is 250 Å². The van der Waals surface area contributed by atoms with E-state index in [9.17, 15) is 45.6 Å². The van der Waals surface area contributed by atoms with Gasteiger partial charge in [0.1, 0.15) is 48.8 Å². The lowest BCUT2D eigenvalue weighted by Crippen LogP contribution is -2.65. The van der Waals surface area contributed by atoms with Crippen molar-refractivity contribution in [1.29, 1.82) is 0 Å².